The maximum Gasteiger partial charge on any atom is 0.409 e. The molecule has 1 amide bonds. The Kier molecular flexibility index (Phi) is 7.30. The number of amides is 1. The Labute approximate surface area is 147 Å². The minimum Gasteiger partial charge on any atom is -0.450 e. The summed E-state index contributed by atoms with van der Waals surface area (Å²) in [4.78, 5) is 22.2. The fourth-order valence-corrected chi connectivity index (χ4v) is 3.44. The molecule has 0 radical (unpaired) electrons. The third-order valence-electron chi connectivity index (χ3n) is 3.87. The van der Waals surface area contributed by atoms with Crippen LogP contribution in [-0.2, 0) is 11.2 Å². The average molecular weight is 353 g/mol. The van der Waals surface area contributed by atoms with Gasteiger partial charge in [-0.1, -0.05) is 0 Å². The first-order valence-corrected chi connectivity index (χ1v) is 9.35. The van der Waals surface area contributed by atoms with E-state index >= 15 is 0 Å². The summed E-state index contributed by atoms with van der Waals surface area (Å²) in [6, 6.07) is 0.265. The maximum atomic E-state index is 11.7. The molecule has 2 heterocycles. The number of nitrogens with two attached hydrogens (primary N) is 1. The number of aromatic nitrogens is 1. The number of likely N-dealkylation sites (tertiary alicyclic amines) is 1. The third-order valence-corrected chi connectivity index (χ3v) is 4.90. The number of rotatable bonds is 6. The number of carbonyl (C=O) groups is 1. The van der Waals surface area contributed by atoms with Gasteiger partial charge in [0.1, 0.15) is 0 Å². The number of carbonyl (C=O) groups excluding carboxylic acids is 1. The molecule has 0 aromatic carbocycles. The molecule has 0 aliphatic carbocycles. The van der Waals surface area contributed by atoms with Crippen molar-refractivity contribution in [2.45, 2.75) is 45.6 Å². The van der Waals surface area contributed by atoms with Crippen molar-refractivity contribution in [2.24, 2.45) is 10.7 Å². The number of aryl methyl sites for hydroxylation is 2. The number of nitrogens with zero attached hydrogens (tertiary/aromatic N) is 3. The van der Waals surface area contributed by atoms with Gasteiger partial charge in [-0.05, 0) is 33.1 Å². The number of hydrogen-bond donors (Lipinski definition) is 2. The highest BCUT2D eigenvalue weighted by molar-refractivity contribution is 7.09. The van der Waals surface area contributed by atoms with E-state index in [0.29, 0.717) is 32.2 Å². The molecule has 134 valence electrons. The Balaban J connectivity index is 1.63. The molecule has 8 heteroatoms. The van der Waals surface area contributed by atoms with Crippen molar-refractivity contribution in [3.63, 3.8) is 0 Å². The van der Waals surface area contributed by atoms with Crippen LogP contribution in [0.3, 0.4) is 0 Å². The fraction of sp³-hybridized carbons (Fsp3) is 0.688. The Hall–Kier alpha value is -1.83. The van der Waals surface area contributed by atoms with Crippen LogP contribution in [0.2, 0.25) is 0 Å². The van der Waals surface area contributed by atoms with Gasteiger partial charge in [-0.25, -0.2) is 9.78 Å². The number of thiazole rings is 1. The molecule has 2 rings (SSSR count). The van der Waals surface area contributed by atoms with Gasteiger partial charge in [0.05, 0.1) is 11.6 Å². The summed E-state index contributed by atoms with van der Waals surface area (Å²) in [7, 11) is 0. The van der Waals surface area contributed by atoms with Crippen molar-refractivity contribution in [2.75, 3.05) is 26.2 Å². The molecule has 1 fully saturated rings. The fourth-order valence-electron chi connectivity index (χ4n) is 2.62. The van der Waals surface area contributed by atoms with E-state index in [2.05, 4.69) is 20.7 Å². The summed E-state index contributed by atoms with van der Waals surface area (Å²) < 4.78 is 5.02. The normalized spacial score (nSPS) is 16.2. The van der Waals surface area contributed by atoms with Gasteiger partial charge in [-0.3, -0.25) is 4.99 Å². The Bertz CT molecular complexity index is 552. The summed E-state index contributed by atoms with van der Waals surface area (Å²) in [5.41, 5.74) is 7.03. The molecule has 0 spiro atoms. The molecule has 24 heavy (non-hydrogen) atoms. The molecule has 0 saturated carbocycles. The number of ether oxygens (including phenoxy) is 1. The summed E-state index contributed by atoms with van der Waals surface area (Å²) in [6.45, 7) is 6.31. The van der Waals surface area contributed by atoms with E-state index in [-0.39, 0.29) is 12.1 Å². The van der Waals surface area contributed by atoms with E-state index in [1.807, 2.05) is 13.8 Å². The largest absolute Gasteiger partial charge is 0.450 e. The third kappa shape index (κ3) is 5.99. The highest BCUT2D eigenvalue weighted by Crippen LogP contribution is 2.12. The predicted molar refractivity (Wildman–Crippen MR) is 96.4 cm³/mol. The Morgan fingerprint density at radius 3 is 2.92 bits per heavy atom. The maximum absolute atomic E-state index is 11.7. The van der Waals surface area contributed by atoms with Gasteiger partial charge in [-0.15, -0.1) is 11.3 Å². The van der Waals surface area contributed by atoms with Gasteiger partial charge < -0.3 is 20.7 Å². The first kappa shape index (κ1) is 18.5. The van der Waals surface area contributed by atoms with Crippen LogP contribution in [0.1, 0.15) is 36.9 Å². The quantitative estimate of drug-likeness (QED) is 0.463. The lowest BCUT2D eigenvalue weighted by Crippen LogP contribution is -2.48. The van der Waals surface area contributed by atoms with Gasteiger partial charge in [0.15, 0.2) is 5.96 Å². The molecule has 0 atom stereocenters. The van der Waals surface area contributed by atoms with Crippen LogP contribution < -0.4 is 11.1 Å². The van der Waals surface area contributed by atoms with Crippen molar-refractivity contribution >= 4 is 23.4 Å². The average Bonchev–Trinajstić information content (AvgIpc) is 2.98. The smallest absolute Gasteiger partial charge is 0.409 e. The molecule has 1 saturated heterocycles. The summed E-state index contributed by atoms with van der Waals surface area (Å²) in [6.07, 6.45) is 3.36. The first-order chi connectivity index (χ1) is 11.6. The van der Waals surface area contributed by atoms with E-state index in [9.17, 15) is 4.79 Å². The second-order valence-electron chi connectivity index (χ2n) is 5.86. The second-order valence-corrected chi connectivity index (χ2v) is 6.80. The Morgan fingerprint density at radius 2 is 2.29 bits per heavy atom. The van der Waals surface area contributed by atoms with E-state index in [1.165, 1.54) is 0 Å². The highest BCUT2D eigenvalue weighted by atomic mass is 32.1. The standard InChI is InChI=1S/C16H27N5O2S/c1-3-23-16(22)21-9-6-13(7-10-21)20-15(17)18-8-4-5-14-19-12(2)11-24-14/h11,13H,3-10H2,1-2H3,(H3,17,18,20). The topological polar surface area (TPSA) is 92.8 Å². The molecule has 1 aliphatic heterocycles. The van der Waals surface area contributed by atoms with E-state index in [0.717, 1.165) is 36.4 Å². The number of hydrogen-bond acceptors (Lipinski definition) is 5. The minimum absolute atomic E-state index is 0.227. The molecular formula is C16H27N5O2S. The lowest BCUT2D eigenvalue weighted by molar-refractivity contribution is 0.0963. The first-order valence-electron chi connectivity index (χ1n) is 8.47. The van der Waals surface area contributed by atoms with Crippen LogP contribution in [0.5, 0.6) is 0 Å². The van der Waals surface area contributed by atoms with Crippen molar-refractivity contribution in [1.82, 2.24) is 15.2 Å². The van der Waals surface area contributed by atoms with Crippen LogP contribution in [0.4, 0.5) is 4.79 Å². The Morgan fingerprint density at radius 1 is 1.54 bits per heavy atom. The number of nitrogens with one attached hydrogen (secondary N) is 1. The number of piperidine rings is 1. The lowest BCUT2D eigenvalue weighted by Gasteiger charge is -2.31. The van der Waals surface area contributed by atoms with E-state index < -0.39 is 0 Å². The van der Waals surface area contributed by atoms with Crippen LogP contribution >= 0.6 is 11.3 Å². The van der Waals surface area contributed by atoms with Crippen LogP contribution in [0.15, 0.2) is 10.4 Å². The summed E-state index contributed by atoms with van der Waals surface area (Å²) in [5, 5.41) is 6.47. The minimum atomic E-state index is -0.227. The van der Waals surface area contributed by atoms with Crippen LogP contribution in [0, 0.1) is 6.92 Å². The van der Waals surface area contributed by atoms with Gasteiger partial charge >= 0.3 is 6.09 Å². The molecule has 0 bridgehead atoms. The number of guanidine groups is 1. The van der Waals surface area contributed by atoms with Gasteiger partial charge in [0.25, 0.3) is 0 Å². The number of aliphatic imine (C=N–C) groups is 1. The van der Waals surface area contributed by atoms with Crippen molar-refractivity contribution in [3.05, 3.63) is 16.1 Å². The second kappa shape index (κ2) is 9.46. The van der Waals surface area contributed by atoms with Gasteiger partial charge in [0.2, 0.25) is 0 Å². The molecular weight excluding hydrogens is 326 g/mol. The molecule has 1 aromatic rings. The zero-order valence-electron chi connectivity index (χ0n) is 14.5. The molecule has 3 N–H and O–H groups in total. The zero-order chi connectivity index (χ0) is 17.4. The summed E-state index contributed by atoms with van der Waals surface area (Å²) >= 11 is 1.69. The molecule has 1 aromatic heterocycles. The van der Waals surface area contributed by atoms with Crippen molar-refractivity contribution in [1.29, 1.82) is 0 Å². The predicted octanol–water partition coefficient (Wildman–Crippen LogP) is 1.91. The van der Waals surface area contributed by atoms with Crippen LogP contribution in [0.25, 0.3) is 0 Å². The lowest BCUT2D eigenvalue weighted by atomic mass is 10.1. The van der Waals surface area contributed by atoms with Gasteiger partial charge in [0, 0.05) is 43.2 Å². The summed E-state index contributed by atoms with van der Waals surface area (Å²) in [5.74, 6) is 0.486. The van der Waals surface area contributed by atoms with Crippen molar-refractivity contribution in [3.8, 4) is 0 Å². The highest BCUT2D eigenvalue weighted by Gasteiger charge is 2.23. The van der Waals surface area contributed by atoms with E-state index in [1.54, 1.807) is 16.2 Å². The monoisotopic (exact) mass is 353 g/mol. The van der Waals surface area contributed by atoms with Crippen molar-refractivity contribution < 1.29 is 9.53 Å². The van der Waals surface area contributed by atoms with E-state index in [4.69, 9.17) is 10.5 Å². The van der Waals surface area contributed by atoms with Crippen LogP contribution in [-0.4, -0.2) is 54.2 Å². The molecule has 7 nitrogen and oxygen atoms in total. The SMILES string of the molecule is CCOC(=O)N1CCC(NC(N)=NCCCc2nc(C)cs2)CC1. The molecule has 0 unspecified atom stereocenters. The van der Waals surface area contributed by atoms with Gasteiger partial charge in [-0.2, -0.15) is 0 Å². The zero-order valence-corrected chi connectivity index (χ0v) is 15.3. The molecule has 1 aliphatic rings.